The third-order valence-electron chi connectivity index (χ3n) is 3.44. The lowest BCUT2D eigenvalue weighted by atomic mass is 9.93. The van der Waals surface area contributed by atoms with Gasteiger partial charge in [-0.05, 0) is 55.8 Å². The molecule has 2 rings (SSSR count). The first kappa shape index (κ1) is 14.9. The molecule has 0 saturated heterocycles. The van der Waals surface area contributed by atoms with Crippen molar-refractivity contribution in [3.8, 4) is 0 Å². The molecule has 20 heavy (non-hydrogen) atoms. The van der Waals surface area contributed by atoms with Gasteiger partial charge in [-0.15, -0.1) is 0 Å². The van der Waals surface area contributed by atoms with Gasteiger partial charge < -0.3 is 5.32 Å². The number of halogens is 3. The van der Waals surface area contributed by atoms with Crippen LogP contribution in [0.1, 0.15) is 28.3 Å². The van der Waals surface area contributed by atoms with Crippen molar-refractivity contribution in [2.24, 2.45) is 0 Å². The normalized spacial score (nSPS) is 12.5. The Morgan fingerprint density at radius 3 is 2.20 bits per heavy atom. The Bertz CT molecular complexity index is 620. The molecular weight excluding hydrogens is 280 g/mol. The minimum absolute atomic E-state index is 0.0276. The fourth-order valence-corrected chi connectivity index (χ4v) is 2.57. The molecule has 0 bridgehead atoms. The second-order valence-electron chi connectivity index (χ2n) is 4.82. The Balaban J connectivity index is 2.62. The van der Waals surface area contributed by atoms with Crippen molar-refractivity contribution in [1.82, 2.24) is 5.32 Å². The monoisotopic (exact) mass is 295 g/mol. The first-order chi connectivity index (χ1) is 9.45. The van der Waals surface area contributed by atoms with Crippen molar-refractivity contribution in [3.05, 3.63) is 69.2 Å². The minimum Gasteiger partial charge on any atom is -0.309 e. The van der Waals surface area contributed by atoms with Crippen molar-refractivity contribution in [3.63, 3.8) is 0 Å². The van der Waals surface area contributed by atoms with Crippen LogP contribution in [0.15, 0.2) is 30.3 Å². The van der Waals surface area contributed by atoms with Crippen LogP contribution in [0.2, 0.25) is 5.02 Å². The van der Waals surface area contributed by atoms with Crippen LogP contribution in [0.3, 0.4) is 0 Å². The summed E-state index contributed by atoms with van der Waals surface area (Å²) in [5.41, 5.74) is 2.62. The van der Waals surface area contributed by atoms with Crippen LogP contribution >= 0.6 is 11.6 Å². The molecule has 0 spiro atoms. The fraction of sp³-hybridized carbons (Fsp3) is 0.250. The Morgan fingerprint density at radius 1 is 1.05 bits per heavy atom. The number of hydrogen-bond acceptors (Lipinski definition) is 1. The van der Waals surface area contributed by atoms with Crippen molar-refractivity contribution < 1.29 is 8.78 Å². The number of aryl methyl sites for hydroxylation is 2. The van der Waals surface area contributed by atoms with E-state index in [1.54, 1.807) is 7.05 Å². The summed E-state index contributed by atoms with van der Waals surface area (Å²) in [6.45, 7) is 3.75. The molecule has 0 fully saturated rings. The zero-order valence-corrected chi connectivity index (χ0v) is 12.4. The van der Waals surface area contributed by atoms with Crippen molar-refractivity contribution >= 4 is 11.6 Å². The summed E-state index contributed by atoms with van der Waals surface area (Å²) < 4.78 is 28.0. The van der Waals surface area contributed by atoms with Gasteiger partial charge in [0, 0.05) is 10.6 Å². The van der Waals surface area contributed by atoms with E-state index >= 15 is 0 Å². The number of nitrogens with one attached hydrogen (secondary N) is 1. The highest BCUT2D eigenvalue weighted by atomic mass is 35.5. The quantitative estimate of drug-likeness (QED) is 0.876. The Morgan fingerprint density at radius 2 is 1.65 bits per heavy atom. The van der Waals surface area contributed by atoms with Crippen LogP contribution in [0.4, 0.5) is 8.78 Å². The zero-order valence-electron chi connectivity index (χ0n) is 11.6. The highest BCUT2D eigenvalue weighted by molar-refractivity contribution is 6.31. The summed E-state index contributed by atoms with van der Waals surface area (Å²) in [7, 11) is 1.68. The van der Waals surface area contributed by atoms with Gasteiger partial charge in [0.05, 0.1) is 6.04 Å². The van der Waals surface area contributed by atoms with Gasteiger partial charge in [-0.2, -0.15) is 0 Å². The number of hydrogen-bond donors (Lipinski definition) is 1. The van der Waals surface area contributed by atoms with Gasteiger partial charge in [0.25, 0.3) is 0 Å². The molecule has 1 atom stereocenters. The van der Waals surface area contributed by atoms with Gasteiger partial charge >= 0.3 is 0 Å². The second kappa shape index (κ2) is 5.90. The van der Waals surface area contributed by atoms with E-state index < -0.39 is 17.7 Å². The highest BCUT2D eigenvalue weighted by Crippen LogP contribution is 2.31. The molecule has 4 heteroatoms. The maximum absolute atomic E-state index is 14.0. The van der Waals surface area contributed by atoms with Crippen LogP contribution in [0, 0.1) is 25.5 Å². The van der Waals surface area contributed by atoms with Gasteiger partial charge in [-0.1, -0.05) is 23.7 Å². The van der Waals surface area contributed by atoms with Crippen molar-refractivity contribution in [2.45, 2.75) is 19.9 Å². The lowest BCUT2D eigenvalue weighted by molar-refractivity contribution is 0.521. The van der Waals surface area contributed by atoms with Gasteiger partial charge in [0.1, 0.15) is 11.6 Å². The highest BCUT2D eigenvalue weighted by Gasteiger charge is 2.22. The molecule has 0 aromatic heterocycles. The fourth-order valence-electron chi connectivity index (χ4n) is 2.36. The van der Waals surface area contributed by atoms with Crippen LogP contribution in [0.25, 0.3) is 0 Å². The summed E-state index contributed by atoms with van der Waals surface area (Å²) in [6, 6.07) is 7.02. The van der Waals surface area contributed by atoms with E-state index in [0.29, 0.717) is 5.02 Å². The molecule has 0 aliphatic rings. The van der Waals surface area contributed by atoms with Gasteiger partial charge in [0.15, 0.2) is 0 Å². The molecule has 0 amide bonds. The molecule has 0 radical (unpaired) electrons. The van der Waals surface area contributed by atoms with E-state index in [-0.39, 0.29) is 5.56 Å². The topological polar surface area (TPSA) is 12.0 Å². The summed E-state index contributed by atoms with van der Waals surface area (Å²) in [4.78, 5) is 0. The summed E-state index contributed by atoms with van der Waals surface area (Å²) in [5.74, 6) is -1.12. The van der Waals surface area contributed by atoms with Crippen LogP contribution in [0.5, 0.6) is 0 Å². The van der Waals surface area contributed by atoms with Crippen molar-refractivity contribution in [2.75, 3.05) is 7.05 Å². The molecule has 2 aromatic rings. The molecule has 1 unspecified atom stereocenters. The lowest BCUT2D eigenvalue weighted by Crippen LogP contribution is -2.21. The Hall–Kier alpha value is -1.45. The van der Waals surface area contributed by atoms with E-state index in [4.69, 9.17) is 11.6 Å². The third kappa shape index (κ3) is 2.69. The zero-order chi connectivity index (χ0) is 14.9. The average Bonchev–Trinajstić information content (AvgIpc) is 2.39. The number of rotatable bonds is 3. The van der Waals surface area contributed by atoms with Crippen LogP contribution < -0.4 is 5.32 Å². The summed E-state index contributed by atoms with van der Waals surface area (Å²) in [6.07, 6.45) is 0. The van der Waals surface area contributed by atoms with E-state index in [9.17, 15) is 8.78 Å². The lowest BCUT2D eigenvalue weighted by Gasteiger charge is -2.21. The smallest absolute Gasteiger partial charge is 0.131 e. The Kier molecular flexibility index (Phi) is 4.41. The van der Waals surface area contributed by atoms with Gasteiger partial charge in [0.2, 0.25) is 0 Å². The van der Waals surface area contributed by atoms with Gasteiger partial charge in [-0.3, -0.25) is 0 Å². The molecule has 0 aliphatic heterocycles. The van der Waals surface area contributed by atoms with E-state index in [1.165, 1.54) is 18.2 Å². The molecule has 106 valence electrons. The van der Waals surface area contributed by atoms with E-state index in [1.807, 2.05) is 26.0 Å². The maximum atomic E-state index is 14.0. The minimum atomic E-state index is -0.559. The summed E-state index contributed by atoms with van der Waals surface area (Å²) in [5, 5.41) is 3.63. The molecule has 0 aliphatic carbocycles. The first-order valence-corrected chi connectivity index (χ1v) is 6.71. The third-order valence-corrected chi connectivity index (χ3v) is 3.84. The molecule has 1 nitrogen and oxygen atoms in total. The predicted octanol–water partition coefficient (Wildman–Crippen LogP) is 4.54. The van der Waals surface area contributed by atoms with E-state index in [0.717, 1.165) is 16.7 Å². The Labute approximate surface area is 122 Å². The first-order valence-electron chi connectivity index (χ1n) is 6.33. The van der Waals surface area contributed by atoms with Crippen molar-refractivity contribution in [1.29, 1.82) is 0 Å². The van der Waals surface area contributed by atoms with Gasteiger partial charge in [-0.25, -0.2) is 8.78 Å². The second-order valence-corrected chi connectivity index (χ2v) is 5.22. The molecule has 0 saturated carbocycles. The molecule has 0 heterocycles. The summed E-state index contributed by atoms with van der Waals surface area (Å²) >= 11 is 6.07. The van der Waals surface area contributed by atoms with Crippen LogP contribution in [-0.2, 0) is 0 Å². The van der Waals surface area contributed by atoms with E-state index in [2.05, 4.69) is 5.32 Å². The number of benzene rings is 2. The largest absolute Gasteiger partial charge is 0.309 e. The molecular formula is C16H16ClF2N. The average molecular weight is 296 g/mol. The SMILES string of the molecule is CNC(c1cc(C)c(Cl)cc1C)c1c(F)cccc1F. The standard InChI is InChI=1S/C16H16ClF2N/c1-9-8-12(17)10(2)7-11(9)16(20-3)15-13(18)5-4-6-14(15)19/h4-8,16,20H,1-3H3. The maximum Gasteiger partial charge on any atom is 0.131 e. The predicted molar refractivity (Wildman–Crippen MR) is 78.2 cm³/mol. The molecule has 2 aromatic carbocycles. The van der Waals surface area contributed by atoms with Crippen LogP contribution in [-0.4, -0.2) is 7.05 Å². The molecule has 1 N–H and O–H groups in total.